The summed E-state index contributed by atoms with van der Waals surface area (Å²) in [5.41, 5.74) is 9.71. The van der Waals surface area contributed by atoms with Gasteiger partial charge in [-0.1, -0.05) is 6.92 Å². The van der Waals surface area contributed by atoms with E-state index in [-0.39, 0.29) is 24.1 Å². The van der Waals surface area contributed by atoms with Crippen LogP contribution in [-0.4, -0.2) is 69.9 Å². The van der Waals surface area contributed by atoms with Crippen LogP contribution in [-0.2, 0) is 32.0 Å². The van der Waals surface area contributed by atoms with Crippen LogP contribution >= 0.6 is 0 Å². The molecule has 2 unspecified atom stereocenters. The number of aliphatic hydroxyl groups is 1. The number of primary amides is 1. The lowest BCUT2D eigenvalue weighted by Crippen LogP contribution is -2.74. The van der Waals surface area contributed by atoms with Crippen molar-refractivity contribution in [2.45, 2.75) is 37.8 Å². The number of aromatic hydroxyl groups is 1. The molecule has 33 heavy (non-hydrogen) atoms. The Bertz CT molecular complexity index is 1130. The molecule has 2 saturated carbocycles. The summed E-state index contributed by atoms with van der Waals surface area (Å²) in [6.45, 7) is 1.87. The smallest absolute Gasteiger partial charge is 0.235 e. The van der Waals surface area contributed by atoms with E-state index in [4.69, 9.17) is 11.5 Å². The molecule has 0 bridgehead atoms. The molecule has 10 nitrogen and oxygen atoms in total. The molecule has 3 aliphatic carbocycles. The summed E-state index contributed by atoms with van der Waals surface area (Å²) in [4.78, 5) is 66.8. The number of nitrogen functional groups attached to an aromatic ring is 1. The Hall–Kier alpha value is -3.11. The maximum atomic E-state index is 13.7. The second-order valence-corrected chi connectivity index (χ2v) is 9.47. The number of aryl methyl sites for hydroxylation is 1. The number of fused-ring (bicyclic) bond motifs is 3. The maximum absolute atomic E-state index is 13.7. The van der Waals surface area contributed by atoms with Gasteiger partial charge in [0.1, 0.15) is 5.75 Å². The molecule has 3 aliphatic rings. The van der Waals surface area contributed by atoms with Gasteiger partial charge in [0.05, 0.1) is 23.2 Å². The van der Waals surface area contributed by atoms with E-state index in [1.54, 1.807) is 20.2 Å². The summed E-state index contributed by atoms with van der Waals surface area (Å²) < 4.78 is 0. The van der Waals surface area contributed by atoms with Crippen molar-refractivity contribution in [1.29, 1.82) is 0 Å². The quantitative estimate of drug-likeness (QED) is 0.252. The summed E-state index contributed by atoms with van der Waals surface area (Å²) in [6, 6.07) is 0.480. The first-order valence-corrected chi connectivity index (χ1v) is 10.9. The van der Waals surface area contributed by atoms with Gasteiger partial charge in [-0.05, 0) is 56.5 Å². The molecule has 2 fully saturated rings. The van der Waals surface area contributed by atoms with Crippen LogP contribution in [0.1, 0.15) is 34.8 Å². The summed E-state index contributed by atoms with van der Waals surface area (Å²) in [7, 11) is 3.09. The van der Waals surface area contributed by atoms with Crippen molar-refractivity contribution in [2.75, 3.05) is 19.8 Å². The van der Waals surface area contributed by atoms with Crippen LogP contribution in [0, 0.1) is 23.7 Å². The summed E-state index contributed by atoms with van der Waals surface area (Å²) in [5.74, 6) is -10.6. The SMILES string of the molecule is CCc1cc(N)c(O)c2c1C[C@@H]1C[C@@H]3[C@@H](N(C)C)C(=O)C(C(N)=O)C(=O)[C@]3(O)C(=O)C1C2=O. The lowest BCUT2D eigenvalue weighted by molar-refractivity contribution is -0.181. The maximum Gasteiger partial charge on any atom is 0.235 e. The van der Waals surface area contributed by atoms with E-state index >= 15 is 0 Å². The van der Waals surface area contributed by atoms with E-state index in [1.807, 2.05) is 6.92 Å². The largest absolute Gasteiger partial charge is 0.505 e. The number of phenolic OH excluding ortho intramolecular Hbond substituents is 1. The number of hydrogen-bond donors (Lipinski definition) is 4. The average molecular weight is 457 g/mol. The minimum atomic E-state index is -2.72. The van der Waals surface area contributed by atoms with Gasteiger partial charge in [-0.25, -0.2) is 0 Å². The lowest BCUT2D eigenvalue weighted by Gasteiger charge is -2.52. The number of likely N-dealkylation sites (N-methyl/N-ethyl adjacent to an activating group) is 1. The third-order valence-corrected chi connectivity index (χ3v) is 7.56. The number of carbonyl (C=O) groups is 5. The number of carbonyl (C=O) groups excluding carboxylic acids is 5. The number of benzene rings is 1. The number of anilines is 1. The average Bonchev–Trinajstić information content (AvgIpc) is 2.72. The molecule has 1 amide bonds. The predicted molar refractivity (Wildman–Crippen MR) is 115 cm³/mol. The van der Waals surface area contributed by atoms with Gasteiger partial charge >= 0.3 is 0 Å². The summed E-state index contributed by atoms with van der Waals surface area (Å²) in [6.07, 6.45) is 0.803. The number of nitrogens with zero attached hydrogens (tertiary/aromatic N) is 1. The van der Waals surface area contributed by atoms with Gasteiger partial charge in [0.2, 0.25) is 5.91 Å². The Morgan fingerprint density at radius 2 is 1.85 bits per heavy atom. The highest BCUT2D eigenvalue weighted by molar-refractivity contribution is 6.32. The van der Waals surface area contributed by atoms with Crippen LogP contribution in [0.15, 0.2) is 6.07 Å². The number of phenols is 1. The molecular formula is C23H27N3O7. The predicted octanol–water partition coefficient (Wildman–Crippen LogP) is -0.988. The Kier molecular flexibility index (Phi) is 5.21. The van der Waals surface area contributed by atoms with Gasteiger partial charge in [0.25, 0.3) is 0 Å². The third-order valence-electron chi connectivity index (χ3n) is 7.56. The molecular weight excluding hydrogens is 430 g/mol. The zero-order valence-corrected chi connectivity index (χ0v) is 18.6. The Morgan fingerprint density at radius 1 is 1.21 bits per heavy atom. The first-order valence-electron chi connectivity index (χ1n) is 10.9. The van der Waals surface area contributed by atoms with Crippen LogP contribution in [0.5, 0.6) is 5.75 Å². The molecule has 0 heterocycles. The van der Waals surface area contributed by atoms with Crippen molar-refractivity contribution in [2.24, 2.45) is 29.4 Å². The monoisotopic (exact) mass is 457 g/mol. The number of ketones is 4. The van der Waals surface area contributed by atoms with E-state index in [2.05, 4.69) is 0 Å². The first kappa shape index (κ1) is 23.1. The molecule has 0 radical (unpaired) electrons. The first-order chi connectivity index (χ1) is 15.4. The van der Waals surface area contributed by atoms with Crippen molar-refractivity contribution in [3.8, 4) is 5.75 Å². The standard InChI is InChI=1S/C23H27N3O7/c1-4-8-7-12(24)17(27)14-10(8)5-9-6-11-16(26(2)3)19(29)15(22(25)32)21(31)23(11,33)20(30)13(9)18(14)28/h7,9,11,13,15-16,27,33H,4-6,24H2,1-3H3,(H2,25,32)/t9-,11-,13?,15?,16-,23-/m1/s1. The minimum absolute atomic E-state index is 0.00181. The van der Waals surface area contributed by atoms with Crippen molar-refractivity contribution in [1.82, 2.24) is 4.90 Å². The highest BCUT2D eigenvalue weighted by Crippen LogP contribution is 2.51. The zero-order chi connectivity index (χ0) is 24.6. The van der Waals surface area contributed by atoms with E-state index in [9.17, 15) is 34.2 Å². The molecule has 6 atom stereocenters. The third kappa shape index (κ3) is 2.90. The number of amides is 1. The molecule has 6 N–H and O–H groups in total. The normalized spacial score (nSPS) is 33.5. The zero-order valence-electron chi connectivity index (χ0n) is 18.6. The Balaban J connectivity index is 1.90. The van der Waals surface area contributed by atoms with E-state index < -0.39 is 70.1 Å². The molecule has 10 heteroatoms. The molecule has 0 spiro atoms. The molecule has 0 aromatic heterocycles. The van der Waals surface area contributed by atoms with Gasteiger partial charge in [0.15, 0.2) is 34.7 Å². The highest BCUT2D eigenvalue weighted by atomic mass is 16.3. The second kappa shape index (κ2) is 7.46. The molecule has 4 rings (SSSR count). The van der Waals surface area contributed by atoms with Crippen molar-refractivity contribution < 1.29 is 34.2 Å². The fraction of sp³-hybridized carbons (Fsp3) is 0.522. The van der Waals surface area contributed by atoms with Crippen LogP contribution in [0.2, 0.25) is 0 Å². The second-order valence-electron chi connectivity index (χ2n) is 9.47. The molecule has 1 aromatic carbocycles. The number of rotatable bonds is 3. The molecule has 0 saturated heterocycles. The summed E-state index contributed by atoms with van der Waals surface area (Å²) >= 11 is 0. The highest BCUT2D eigenvalue weighted by Gasteiger charge is 2.69. The van der Waals surface area contributed by atoms with E-state index in [0.717, 1.165) is 5.56 Å². The number of nitrogens with two attached hydrogens (primary N) is 2. The summed E-state index contributed by atoms with van der Waals surface area (Å²) in [5, 5.41) is 22.0. The minimum Gasteiger partial charge on any atom is -0.505 e. The fourth-order valence-electron chi connectivity index (χ4n) is 6.09. The van der Waals surface area contributed by atoms with Crippen LogP contribution < -0.4 is 11.5 Å². The van der Waals surface area contributed by atoms with E-state index in [1.165, 1.54) is 4.90 Å². The number of Topliss-reactive ketones (excluding diaryl/α,β-unsaturated/α-hetero) is 4. The van der Waals surface area contributed by atoms with Crippen LogP contribution in [0.25, 0.3) is 0 Å². The van der Waals surface area contributed by atoms with Crippen molar-refractivity contribution >= 4 is 34.7 Å². The Morgan fingerprint density at radius 3 is 2.39 bits per heavy atom. The topological polar surface area (TPSA) is 181 Å². The van der Waals surface area contributed by atoms with Gasteiger partial charge in [0, 0.05) is 5.92 Å². The van der Waals surface area contributed by atoms with Crippen molar-refractivity contribution in [3.63, 3.8) is 0 Å². The molecule has 1 aromatic rings. The van der Waals surface area contributed by atoms with Gasteiger partial charge in [-0.2, -0.15) is 0 Å². The van der Waals surface area contributed by atoms with Crippen LogP contribution in [0.3, 0.4) is 0 Å². The van der Waals surface area contributed by atoms with Crippen LogP contribution in [0.4, 0.5) is 5.69 Å². The lowest BCUT2D eigenvalue weighted by atomic mass is 9.52. The van der Waals surface area contributed by atoms with Crippen molar-refractivity contribution in [3.05, 3.63) is 22.8 Å². The van der Waals surface area contributed by atoms with Gasteiger partial charge in [-0.15, -0.1) is 0 Å². The van der Waals surface area contributed by atoms with Gasteiger partial charge in [-0.3, -0.25) is 28.9 Å². The fourth-order valence-corrected chi connectivity index (χ4v) is 6.09. The number of hydrogen-bond acceptors (Lipinski definition) is 9. The van der Waals surface area contributed by atoms with E-state index in [0.29, 0.717) is 12.0 Å². The molecule has 176 valence electrons. The molecule has 0 aliphatic heterocycles. The van der Waals surface area contributed by atoms with Gasteiger partial charge < -0.3 is 21.7 Å². The Labute approximate surface area is 189 Å².